The zero-order valence-corrected chi connectivity index (χ0v) is 14.8. The van der Waals surface area contributed by atoms with Crippen molar-refractivity contribution in [2.45, 2.75) is 24.8 Å². The highest BCUT2D eigenvalue weighted by Gasteiger charge is 2.29. The van der Waals surface area contributed by atoms with Gasteiger partial charge in [-0.2, -0.15) is 4.31 Å². The van der Waals surface area contributed by atoms with Crippen molar-refractivity contribution in [2.75, 3.05) is 7.05 Å². The van der Waals surface area contributed by atoms with Gasteiger partial charge in [0.2, 0.25) is 10.0 Å². The fourth-order valence-corrected chi connectivity index (χ4v) is 2.99. The second-order valence-corrected chi connectivity index (χ2v) is 7.28. The molecular formula is C17H19F2NO4S. The molecule has 2 rings (SSSR count). The van der Waals surface area contributed by atoms with Crippen LogP contribution in [-0.2, 0) is 14.8 Å². The molecule has 0 spiro atoms. The molecule has 5 nitrogen and oxygen atoms in total. The molecule has 0 saturated carbocycles. The van der Waals surface area contributed by atoms with Crippen molar-refractivity contribution in [3.63, 3.8) is 0 Å². The minimum Gasteiger partial charge on any atom is -0.480 e. The predicted octanol–water partition coefficient (Wildman–Crippen LogP) is 3.05. The van der Waals surface area contributed by atoms with E-state index in [1.165, 1.54) is 19.1 Å². The summed E-state index contributed by atoms with van der Waals surface area (Å²) in [4.78, 5) is 10.6. The molecule has 8 heteroatoms. The van der Waals surface area contributed by atoms with Crippen molar-refractivity contribution in [3.8, 4) is 0 Å². The Morgan fingerprint density at radius 3 is 1.76 bits per heavy atom. The first-order chi connectivity index (χ1) is 11.6. The van der Waals surface area contributed by atoms with Crippen LogP contribution in [0.3, 0.4) is 0 Å². The monoisotopic (exact) mass is 371 g/mol. The number of hydrogen-bond acceptors (Lipinski definition) is 3. The van der Waals surface area contributed by atoms with Crippen molar-refractivity contribution < 1.29 is 27.1 Å². The number of aryl methyl sites for hydroxylation is 1. The normalized spacial score (nSPS) is 12.2. The fraction of sp³-hybridized carbons (Fsp3) is 0.235. The molecule has 0 aromatic heterocycles. The van der Waals surface area contributed by atoms with Crippen LogP contribution in [0.5, 0.6) is 0 Å². The fourth-order valence-electron chi connectivity index (χ4n) is 1.67. The zero-order valence-electron chi connectivity index (χ0n) is 14.0. The van der Waals surface area contributed by atoms with Crippen LogP contribution in [0.15, 0.2) is 53.4 Å². The van der Waals surface area contributed by atoms with E-state index in [-0.39, 0.29) is 10.7 Å². The molecule has 0 aliphatic heterocycles. The van der Waals surface area contributed by atoms with Crippen molar-refractivity contribution in [1.29, 1.82) is 0 Å². The lowest BCUT2D eigenvalue weighted by Gasteiger charge is -2.20. The van der Waals surface area contributed by atoms with Gasteiger partial charge in [0, 0.05) is 7.05 Å². The Kier molecular flexibility index (Phi) is 7.20. The van der Waals surface area contributed by atoms with E-state index in [2.05, 4.69) is 0 Å². The molecule has 0 aliphatic carbocycles. The molecule has 0 heterocycles. The highest BCUT2D eigenvalue weighted by Crippen LogP contribution is 2.16. The van der Waals surface area contributed by atoms with E-state index in [0.717, 1.165) is 41.2 Å². The Labute approximate surface area is 145 Å². The van der Waals surface area contributed by atoms with E-state index in [1.54, 1.807) is 12.1 Å². The van der Waals surface area contributed by atoms with Gasteiger partial charge in [-0.15, -0.1) is 0 Å². The smallest absolute Gasteiger partial charge is 0.321 e. The SMILES string of the molecule is CC(C(=O)O)N(C)S(=O)(=O)c1ccc(F)cc1.Cc1ccc(F)cc1. The average molecular weight is 371 g/mol. The number of rotatable bonds is 4. The molecule has 0 aliphatic rings. The first kappa shape index (κ1) is 20.7. The largest absolute Gasteiger partial charge is 0.480 e. The summed E-state index contributed by atoms with van der Waals surface area (Å²) >= 11 is 0. The molecule has 0 amide bonds. The van der Waals surface area contributed by atoms with Crippen molar-refractivity contribution >= 4 is 16.0 Å². The third-order valence-electron chi connectivity index (χ3n) is 3.40. The maximum atomic E-state index is 12.7. The Morgan fingerprint density at radius 1 is 1.00 bits per heavy atom. The summed E-state index contributed by atoms with van der Waals surface area (Å²) in [6, 6.07) is 9.41. The summed E-state index contributed by atoms with van der Waals surface area (Å²) in [5, 5.41) is 8.74. The molecule has 0 saturated heterocycles. The van der Waals surface area contributed by atoms with Crippen LogP contribution < -0.4 is 0 Å². The number of sulfonamides is 1. The topological polar surface area (TPSA) is 74.7 Å². The van der Waals surface area contributed by atoms with Gasteiger partial charge in [0.15, 0.2) is 0 Å². The number of halogens is 2. The summed E-state index contributed by atoms with van der Waals surface area (Å²) < 4.78 is 49.3. The Bertz CT molecular complexity index is 785. The first-order valence-electron chi connectivity index (χ1n) is 7.24. The number of likely N-dealkylation sites (N-methyl/N-ethyl adjacent to an activating group) is 1. The maximum Gasteiger partial charge on any atom is 0.321 e. The van der Waals surface area contributed by atoms with Crippen LogP contribution in [0, 0.1) is 18.6 Å². The molecule has 1 N–H and O–H groups in total. The van der Waals surface area contributed by atoms with Gasteiger partial charge in [-0.05, 0) is 50.2 Å². The van der Waals surface area contributed by atoms with Gasteiger partial charge in [-0.25, -0.2) is 17.2 Å². The Hall–Kier alpha value is -2.32. The summed E-state index contributed by atoms with van der Waals surface area (Å²) in [5.74, 6) is -1.98. The quantitative estimate of drug-likeness (QED) is 0.896. The summed E-state index contributed by atoms with van der Waals surface area (Å²) in [7, 11) is -2.75. The van der Waals surface area contributed by atoms with Gasteiger partial charge in [0.1, 0.15) is 17.7 Å². The van der Waals surface area contributed by atoms with Crippen molar-refractivity contribution in [2.24, 2.45) is 0 Å². The zero-order chi connectivity index (χ0) is 19.2. The number of carbonyl (C=O) groups is 1. The third kappa shape index (κ3) is 5.91. The molecule has 0 radical (unpaired) electrons. The van der Waals surface area contributed by atoms with Gasteiger partial charge in [0.05, 0.1) is 4.90 Å². The summed E-state index contributed by atoms with van der Waals surface area (Å²) in [5.41, 5.74) is 1.09. The van der Waals surface area contributed by atoms with E-state index in [1.807, 2.05) is 6.92 Å². The molecule has 25 heavy (non-hydrogen) atoms. The minimum absolute atomic E-state index is 0.144. The van der Waals surface area contributed by atoms with E-state index < -0.39 is 27.9 Å². The number of hydrogen-bond donors (Lipinski definition) is 1. The highest BCUT2D eigenvalue weighted by molar-refractivity contribution is 7.89. The first-order valence-corrected chi connectivity index (χ1v) is 8.68. The van der Waals surface area contributed by atoms with Gasteiger partial charge >= 0.3 is 5.97 Å². The summed E-state index contributed by atoms with van der Waals surface area (Å²) in [6.45, 7) is 3.18. The molecular weight excluding hydrogens is 352 g/mol. The maximum absolute atomic E-state index is 12.7. The predicted molar refractivity (Wildman–Crippen MR) is 89.6 cm³/mol. The lowest BCUT2D eigenvalue weighted by atomic mass is 10.2. The number of benzene rings is 2. The van der Waals surface area contributed by atoms with Gasteiger partial charge < -0.3 is 5.11 Å². The van der Waals surface area contributed by atoms with Gasteiger partial charge in [0.25, 0.3) is 0 Å². The molecule has 0 fully saturated rings. The van der Waals surface area contributed by atoms with Crippen LogP contribution in [0.2, 0.25) is 0 Å². The van der Waals surface area contributed by atoms with Crippen LogP contribution in [0.1, 0.15) is 12.5 Å². The average Bonchev–Trinajstić information content (AvgIpc) is 2.57. The van der Waals surface area contributed by atoms with E-state index >= 15 is 0 Å². The number of carboxylic acid groups (broad SMARTS) is 1. The van der Waals surface area contributed by atoms with Crippen LogP contribution >= 0.6 is 0 Å². The van der Waals surface area contributed by atoms with Crippen LogP contribution in [-0.4, -0.2) is 36.9 Å². The molecule has 1 atom stereocenters. The Morgan fingerprint density at radius 2 is 1.40 bits per heavy atom. The molecule has 1 unspecified atom stereocenters. The third-order valence-corrected chi connectivity index (χ3v) is 5.35. The van der Waals surface area contributed by atoms with Crippen molar-refractivity contribution in [3.05, 3.63) is 65.7 Å². The number of carboxylic acids is 1. The molecule has 2 aromatic rings. The molecule has 2 aromatic carbocycles. The second kappa shape index (κ2) is 8.68. The minimum atomic E-state index is -3.91. The van der Waals surface area contributed by atoms with E-state index in [0.29, 0.717) is 0 Å². The standard InChI is InChI=1S/C10H12FNO4S.C7H7F/c1-7(10(13)14)12(2)17(15,16)9-5-3-8(11)4-6-9;1-6-2-4-7(8)5-3-6/h3-7H,1-2H3,(H,13,14);2-5H,1H3. The lowest BCUT2D eigenvalue weighted by Crippen LogP contribution is -2.40. The Balaban J connectivity index is 0.000000324. The molecule has 136 valence electrons. The van der Waals surface area contributed by atoms with Gasteiger partial charge in [-0.1, -0.05) is 17.7 Å². The van der Waals surface area contributed by atoms with E-state index in [9.17, 15) is 22.0 Å². The number of aliphatic carboxylic acids is 1. The van der Waals surface area contributed by atoms with Crippen LogP contribution in [0.4, 0.5) is 8.78 Å². The molecule has 0 bridgehead atoms. The highest BCUT2D eigenvalue weighted by atomic mass is 32.2. The summed E-state index contributed by atoms with van der Waals surface area (Å²) in [6.07, 6.45) is 0. The van der Waals surface area contributed by atoms with Crippen molar-refractivity contribution in [1.82, 2.24) is 4.31 Å². The second-order valence-electron chi connectivity index (χ2n) is 5.28. The van der Waals surface area contributed by atoms with E-state index in [4.69, 9.17) is 5.11 Å². The van der Waals surface area contributed by atoms with Gasteiger partial charge in [-0.3, -0.25) is 4.79 Å². The van der Waals surface area contributed by atoms with Crippen LogP contribution in [0.25, 0.3) is 0 Å². The lowest BCUT2D eigenvalue weighted by molar-refractivity contribution is -0.140. The number of nitrogens with zero attached hydrogens (tertiary/aromatic N) is 1.